The van der Waals surface area contributed by atoms with Gasteiger partial charge in [0.15, 0.2) is 0 Å². The summed E-state index contributed by atoms with van der Waals surface area (Å²) in [5.74, 6) is -0.742. The number of hydrogen-bond donors (Lipinski definition) is 2. The zero-order chi connectivity index (χ0) is 15.0. The van der Waals surface area contributed by atoms with Gasteiger partial charge >= 0.3 is 5.97 Å². The Morgan fingerprint density at radius 3 is 2.62 bits per heavy atom. The molecule has 3 rings (SSSR count). The van der Waals surface area contributed by atoms with Gasteiger partial charge in [-0.25, -0.2) is 4.79 Å². The smallest absolute Gasteiger partial charge is 0.343 e. The van der Waals surface area contributed by atoms with E-state index in [1.165, 1.54) is 6.07 Å². The number of carbonyl (C=O) groups is 1. The van der Waals surface area contributed by atoms with Crippen molar-refractivity contribution in [2.24, 2.45) is 0 Å². The van der Waals surface area contributed by atoms with Crippen molar-refractivity contribution in [3.63, 3.8) is 0 Å². The molecule has 0 radical (unpaired) electrons. The standard InChI is InChI=1S/C15H12N2O4/c1-2-21-15(20)10-7-9-12(17-14(10)19)8-5-3-4-6-11(8)16-13(9)18/h3-7H,2H2,1H3,(H,16,18)(H,17,19). The summed E-state index contributed by atoms with van der Waals surface area (Å²) < 4.78 is 4.81. The van der Waals surface area contributed by atoms with Gasteiger partial charge in [0.2, 0.25) is 0 Å². The van der Waals surface area contributed by atoms with E-state index in [1.54, 1.807) is 31.2 Å². The molecule has 6 heteroatoms. The highest BCUT2D eigenvalue weighted by molar-refractivity contribution is 6.04. The van der Waals surface area contributed by atoms with Crippen molar-refractivity contribution in [2.45, 2.75) is 6.92 Å². The number of aromatic nitrogens is 2. The molecule has 0 bridgehead atoms. The molecule has 106 valence electrons. The molecule has 0 atom stereocenters. The van der Waals surface area contributed by atoms with Gasteiger partial charge in [0.1, 0.15) is 5.56 Å². The van der Waals surface area contributed by atoms with Gasteiger partial charge in [0.05, 0.1) is 23.0 Å². The Balaban J connectivity index is 2.40. The molecule has 0 aliphatic carbocycles. The maximum Gasteiger partial charge on any atom is 0.343 e. The zero-order valence-electron chi connectivity index (χ0n) is 11.2. The summed E-state index contributed by atoms with van der Waals surface area (Å²) in [6, 6.07) is 8.39. The van der Waals surface area contributed by atoms with Crippen molar-refractivity contribution < 1.29 is 9.53 Å². The molecule has 0 aliphatic heterocycles. The molecule has 0 unspecified atom stereocenters. The topological polar surface area (TPSA) is 92.0 Å². The predicted octanol–water partition coefficient (Wildman–Crippen LogP) is 1.55. The average molecular weight is 284 g/mol. The first kappa shape index (κ1) is 13.1. The number of pyridine rings is 2. The minimum absolute atomic E-state index is 0.157. The fourth-order valence-corrected chi connectivity index (χ4v) is 2.28. The van der Waals surface area contributed by atoms with Gasteiger partial charge in [-0.15, -0.1) is 0 Å². The number of esters is 1. The monoisotopic (exact) mass is 284 g/mol. The second-order valence-electron chi connectivity index (χ2n) is 4.52. The van der Waals surface area contributed by atoms with E-state index in [9.17, 15) is 14.4 Å². The molecule has 0 aliphatic rings. The molecule has 0 saturated heterocycles. The van der Waals surface area contributed by atoms with Crippen LogP contribution in [-0.4, -0.2) is 22.5 Å². The second-order valence-corrected chi connectivity index (χ2v) is 4.52. The second kappa shape index (κ2) is 4.90. The number of benzene rings is 1. The summed E-state index contributed by atoms with van der Waals surface area (Å²) in [6.07, 6.45) is 0. The number of carbonyl (C=O) groups excluding carboxylic acids is 1. The summed E-state index contributed by atoms with van der Waals surface area (Å²) in [5, 5.41) is 0.955. The molecule has 0 amide bonds. The third-order valence-corrected chi connectivity index (χ3v) is 3.23. The van der Waals surface area contributed by atoms with Crippen molar-refractivity contribution >= 4 is 27.8 Å². The first-order valence-electron chi connectivity index (χ1n) is 6.47. The van der Waals surface area contributed by atoms with Crippen LogP contribution in [0.3, 0.4) is 0 Å². The number of rotatable bonds is 2. The highest BCUT2D eigenvalue weighted by atomic mass is 16.5. The average Bonchev–Trinajstić information content (AvgIpc) is 2.47. The van der Waals surface area contributed by atoms with E-state index >= 15 is 0 Å². The minimum atomic E-state index is -0.742. The van der Waals surface area contributed by atoms with Crippen molar-refractivity contribution in [1.29, 1.82) is 0 Å². The van der Waals surface area contributed by atoms with Crippen LogP contribution in [0.1, 0.15) is 17.3 Å². The summed E-state index contributed by atoms with van der Waals surface area (Å²) in [7, 11) is 0. The summed E-state index contributed by atoms with van der Waals surface area (Å²) in [5.41, 5.74) is -0.0886. The van der Waals surface area contributed by atoms with Gasteiger partial charge in [-0.1, -0.05) is 18.2 Å². The normalized spacial score (nSPS) is 10.9. The molecule has 0 fully saturated rings. The van der Waals surface area contributed by atoms with Crippen LogP contribution < -0.4 is 11.1 Å². The molecule has 2 aromatic heterocycles. The molecule has 2 heterocycles. The van der Waals surface area contributed by atoms with Crippen LogP contribution >= 0.6 is 0 Å². The minimum Gasteiger partial charge on any atom is -0.462 e. The summed E-state index contributed by atoms with van der Waals surface area (Å²) in [4.78, 5) is 41.2. The molecule has 6 nitrogen and oxygen atoms in total. The maximum atomic E-state index is 12.1. The van der Waals surface area contributed by atoms with E-state index in [4.69, 9.17) is 4.74 Å². The van der Waals surface area contributed by atoms with Crippen molar-refractivity contribution in [1.82, 2.24) is 9.97 Å². The van der Waals surface area contributed by atoms with Crippen LogP contribution in [0.5, 0.6) is 0 Å². The molecule has 1 aromatic carbocycles. The van der Waals surface area contributed by atoms with Gasteiger partial charge in [-0.05, 0) is 19.1 Å². The molecule has 21 heavy (non-hydrogen) atoms. The zero-order valence-corrected chi connectivity index (χ0v) is 11.2. The molecular formula is C15H12N2O4. The number of aromatic amines is 2. The Labute approximate surface area is 118 Å². The van der Waals surface area contributed by atoms with E-state index < -0.39 is 11.5 Å². The van der Waals surface area contributed by atoms with Gasteiger partial charge in [0, 0.05) is 5.39 Å². The van der Waals surface area contributed by atoms with Crippen LogP contribution in [0.15, 0.2) is 39.9 Å². The third kappa shape index (κ3) is 2.10. The fourth-order valence-electron chi connectivity index (χ4n) is 2.28. The van der Waals surface area contributed by atoms with Crippen LogP contribution in [0.25, 0.3) is 21.8 Å². The Morgan fingerprint density at radius 2 is 1.86 bits per heavy atom. The van der Waals surface area contributed by atoms with E-state index in [0.29, 0.717) is 16.4 Å². The van der Waals surface area contributed by atoms with E-state index in [-0.39, 0.29) is 23.1 Å². The molecular weight excluding hydrogens is 272 g/mol. The van der Waals surface area contributed by atoms with E-state index in [1.807, 2.05) is 0 Å². The van der Waals surface area contributed by atoms with Crippen molar-refractivity contribution in [2.75, 3.05) is 6.61 Å². The highest BCUT2D eigenvalue weighted by Crippen LogP contribution is 2.18. The van der Waals surface area contributed by atoms with Crippen LogP contribution in [0.2, 0.25) is 0 Å². The Kier molecular flexibility index (Phi) is 3.06. The van der Waals surface area contributed by atoms with Gasteiger partial charge < -0.3 is 14.7 Å². The van der Waals surface area contributed by atoms with Gasteiger partial charge in [-0.3, -0.25) is 9.59 Å². The number of H-pyrrole nitrogens is 2. The number of ether oxygens (including phenoxy) is 1. The summed E-state index contributed by atoms with van der Waals surface area (Å²) >= 11 is 0. The van der Waals surface area contributed by atoms with Crippen LogP contribution in [0, 0.1) is 0 Å². The highest BCUT2D eigenvalue weighted by Gasteiger charge is 2.15. The van der Waals surface area contributed by atoms with Crippen LogP contribution in [0.4, 0.5) is 0 Å². The third-order valence-electron chi connectivity index (χ3n) is 3.23. The quantitative estimate of drug-likeness (QED) is 0.551. The lowest BCUT2D eigenvalue weighted by atomic mass is 10.1. The predicted molar refractivity (Wildman–Crippen MR) is 78.7 cm³/mol. The van der Waals surface area contributed by atoms with Crippen molar-refractivity contribution in [3.05, 3.63) is 56.6 Å². The lowest BCUT2D eigenvalue weighted by Gasteiger charge is -2.05. The molecule has 0 saturated carbocycles. The van der Waals surface area contributed by atoms with Gasteiger partial charge in [0.25, 0.3) is 11.1 Å². The summed E-state index contributed by atoms with van der Waals surface area (Å²) in [6.45, 7) is 1.80. The van der Waals surface area contributed by atoms with Crippen molar-refractivity contribution in [3.8, 4) is 0 Å². The first-order valence-corrected chi connectivity index (χ1v) is 6.47. The Morgan fingerprint density at radius 1 is 1.10 bits per heavy atom. The Hall–Kier alpha value is -2.89. The maximum absolute atomic E-state index is 12.1. The lowest BCUT2D eigenvalue weighted by Crippen LogP contribution is -2.21. The van der Waals surface area contributed by atoms with Gasteiger partial charge in [-0.2, -0.15) is 0 Å². The number of hydrogen-bond acceptors (Lipinski definition) is 4. The Bertz CT molecular complexity index is 969. The molecule has 0 spiro atoms. The molecule has 3 aromatic rings. The number of para-hydroxylation sites is 1. The fraction of sp³-hybridized carbons (Fsp3) is 0.133. The first-order chi connectivity index (χ1) is 10.1. The SMILES string of the molecule is CCOC(=O)c1cc2c(=O)[nH]c3ccccc3c2[nH]c1=O. The molecule has 2 N–H and O–H groups in total. The van der Waals surface area contributed by atoms with E-state index in [0.717, 1.165) is 0 Å². The van der Waals surface area contributed by atoms with E-state index in [2.05, 4.69) is 9.97 Å². The number of fused-ring (bicyclic) bond motifs is 3. The lowest BCUT2D eigenvalue weighted by molar-refractivity contribution is 0.0524. The number of nitrogens with one attached hydrogen (secondary N) is 2. The van der Waals surface area contributed by atoms with Crippen LogP contribution in [-0.2, 0) is 4.74 Å². The largest absolute Gasteiger partial charge is 0.462 e.